The molecule has 5 nitrogen and oxygen atoms in total. The Morgan fingerprint density at radius 1 is 0.875 bits per heavy atom. The summed E-state index contributed by atoms with van der Waals surface area (Å²) >= 11 is 0. The molecule has 0 bridgehead atoms. The Balaban J connectivity index is 1.12. The van der Waals surface area contributed by atoms with Crippen molar-refractivity contribution in [1.82, 2.24) is 14.9 Å². The van der Waals surface area contributed by atoms with Gasteiger partial charge in [0.05, 0.1) is 6.21 Å². The fourth-order valence-corrected chi connectivity index (χ4v) is 5.72. The summed E-state index contributed by atoms with van der Waals surface area (Å²) in [5.41, 5.74) is 12.9. The van der Waals surface area contributed by atoms with Gasteiger partial charge in [0.1, 0.15) is 0 Å². The van der Waals surface area contributed by atoms with Crippen molar-refractivity contribution in [3.63, 3.8) is 0 Å². The summed E-state index contributed by atoms with van der Waals surface area (Å²) in [4.78, 5) is 15.3. The van der Waals surface area contributed by atoms with E-state index in [1.54, 1.807) is 6.21 Å². The number of hydrogen-bond donors (Lipinski definition) is 1. The van der Waals surface area contributed by atoms with Crippen LogP contribution in [0.1, 0.15) is 62.4 Å². The number of carbonyl (C=O) groups is 1. The van der Waals surface area contributed by atoms with Gasteiger partial charge in [-0.1, -0.05) is 48.5 Å². The van der Waals surface area contributed by atoms with Crippen LogP contribution in [0.2, 0.25) is 0 Å². The van der Waals surface area contributed by atoms with E-state index < -0.39 is 0 Å². The normalized spacial score (nSPS) is 14.6. The van der Waals surface area contributed by atoms with Crippen LogP contribution in [-0.4, -0.2) is 34.7 Å². The minimum Gasteiger partial charge on any atom is -0.318 e. The summed E-state index contributed by atoms with van der Waals surface area (Å²) < 4.78 is 2.22. The van der Waals surface area contributed by atoms with Crippen molar-refractivity contribution >= 4 is 12.1 Å². The summed E-state index contributed by atoms with van der Waals surface area (Å²) in [7, 11) is 0. The van der Waals surface area contributed by atoms with Crippen molar-refractivity contribution in [3.05, 3.63) is 124 Å². The van der Waals surface area contributed by atoms with E-state index in [2.05, 4.69) is 114 Å². The maximum Gasteiger partial charge on any atom is 0.271 e. The monoisotopic (exact) mass is 532 g/mol. The molecule has 0 aliphatic carbocycles. The van der Waals surface area contributed by atoms with Crippen LogP contribution in [0.15, 0.2) is 84.0 Å². The Morgan fingerprint density at radius 2 is 1.60 bits per heavy atom. The minimum atomic E-state index is -0.201. The first kappa shape index (κ1) is 27.6. The van der Waals surface area contributed by atoms with Crippen molar-refractivity contribution < 1.29 is 4.79 Å². The van der Waals surface area contributed by atoms with Crippen molar-refractivity contribution in [2.24, 2.45) is 11.0 Å². The molecule has 1 aliphatic rings. The van der Waals surface area contributed by atoms with Gasteiger partial charge in [-0.25, -0.2) is 5.43 Å². The first-order chi connectivity index (χ1) is 19.4. The van der Waals surface area contributed by atoms with Gasteiger partial charge >= 0.3 is 0 Å². The number of aromatic nitrogens is 1. The molecule has 1 fully saturated rings. The SMILES string of the molecule is Cc1ccc(-n2c(C)cc(/C=N\NC(=O)c3ccc(CN4CCC(Cc5ccccc5)CC4)cc3)c2C)cc1C. The zero-order valence-electron chi connectivity index (χ0n) is 24.2. The topological polar surface area (TPSA) is 49.6 Å². The number of hydrogen-bond acceptors (Lipinski definition) is 3. The van der Waals surface area contributed by atoms with Crippen LogP contribution >= 0.6 is 0 Å². The average molecular weight is 533 g/mol. The number of aryl methyl sites for hydroxylation is 3. The predicted molar refractivity (Wildman–Crippen MR) is 164 cm³/mol. The lowest BCUT2D eigenvalue weighted by Crippen LogP contribution is -2.33. The third-order valence-electron chi connectivity index (χ3n) is 8.29. The van der Waals surface area contributed by atoms with E-state index in [1.165, 1.54) is 41.5 Å². The highest BCUT2D eigenvalue weighted by atomic mass is 16.2. The van der Waals surface area contributed by atoms with Gasteiger partial charge in [-0.2, -0.15) is 5.10 Å². The largest absolute Gasteiger partial charge is 0.318 e. The van der Waals surface area contributed by atoms with E-state index in [0.29, 0.717) is 5.56 Å². The highest BCUT2D eigenvalue weighted by Crippen LogP contribution is 2.24. The average Bonchev–Trinajstić information content (AvgIpc) is 3.24. The van der Waals surface area contributed by atoms with Crippen molar-refractivity contribution in [2.75, 3.05) is 13.1 Å². The number of piperidine rings is 1. The number of hydrazone groups is 1. The Kier molecular flexibility index (Phi) is 8.61. The van der Waals surface area contributed by atoms with E-state index >= 15 is 0 Å². The molecule has 0 saturated carbocycles. The van der Waals surface area contributed by atoms with Crippen molar-refractivity contribution in [1.29, 1.82) is 0 Å². The van der Waals surface area contributed by atoms with Crippen LogP contribution in [0.25, 0.3) is 5.69 Å². The van der Waals surface area contributed by atoms with Crippen molar-refractivity contribution in [3.8, 4) is 5.69 Å². The molecule has 5 heteroatoms. The number of nitrogens with one attached hydrogen (secondary N) is 1. The van der Waals surface area contributed by atoms with Crippen LogP contribution in [0.3, 0.4) is 0 Å². The molecule has 1 amide bonds. The first-order valence-corrected chi connectivity index (χ1v) is 14.3. The summed E-state index contributed by atoms with van der Waals surface area (Å²) in [5.74, 6) is 0.566. The maximum absolute atomic E-state index is 12.7. The Morgan fingerprint density at radius 3 is 2.30 bits per heavy atom. The van der Waals surface area contributed by atoms with Gasteiger partial charge in [0.25, 0.3) is 5.91 Å². The van der Waals surface area contributed by atoms with Gasteiger partial charge in [-0.15, -0.1) is 0 Å². The zero-order chi connectivity index (χ0) is 28.1. The smallest absolute Gasteiger partial charge is 0.271 e. The van der Waals surface area contributed by atoms with Crippen LogP contribution in [0, 0.1) is 33.6 Å². The molecule has 0 spiro atoms. The standard InChI is InChI=1S/C35H40N4O/c1-25-10-15-34(20-26(25)2)39-27(3)21-33(28(39)4)23-36-37-35(40)32-13-11-31(12-14-32)24-38-18-16-30(17-19-38)22-29-8-6-5-7-9-29/h5-15,20-21,23,30H,16-19,22,24H2,1-4H3,(H,37,40)/b36-23-. The van der Waals surface area contributed by atoms with E-state index in [4.69, 9.17) is 0 Å². The number of amides is 1. The Bertz CT molecular complexity index is 1480. The van der Waals surface area contributed by atoms with Crippen LogP contribution in [0.5, 0.6) is 0 Å². The lowest BCUT2D eigenvalue weighted by atomic mass is 9.90. The molecule has 2 heterocycles. The fraction of sp³-hybridized carbons (Fsp3) is 0.314. The van der Waals surface area contributed by atoms with E-state index in [1.807, 2.05) is 12.1 Å². The summed E-state index contributed by atoms with van der Waals surface area (Å²) in [6.45, 7) is 11.6. The molecule has 1 saturated heterocycles. The fourth-order valence-electron chi connectivity index (χ4n) is 5.72. The molecule has 206 valence electrons. The first-order valence-electron chi connectivity index (χ1n) is 14.3. The number of benzene rings is 3. The van der Waals surface area contributed by atoms with Gasteiger partial charge < -0.3 is 4.57 Å². The molecule has 1 aromatic heterocycles. The zero-order valence-corrected chi connectivity index (χ0v) is 24.2. The number of rotatable bonds is 8. The van der Waals surface area contributed by atoms with Gasteiger partial charge in [0.2, 0.25) is 0 Å². The maximum atomic E-state index is 12.7. The second-order valence-electron chi connectivity index (χ2n) is 11.2. The molecule has 40 heavy (non-hydrogen) atoms. The highest BCUT2D eigenvalue weighted by molar-refractivity contribution is 5.95. The second-order valence-corrected chi connectivity index (χ2v) is 11.2. The Labute approximate surface area is 238 Å². The quantitative estimate of drug-likeness (QED) is 0.198. The molecule has 0 atom stereocenters. The number of nitrogens with zero attached hydrogens (tertiary/aromatic N) is 3. The lowest BCUT2D eigenvalue weighted by Gasteiger charge is -2.32. The lowest BCUT2D eigenvalue weighted by molar-refractivity contribution is 0.0955. The minimum absolute atomic E-state index is 0.201. The molecule has 5 rings (SSSR count). The van der Waals surface area contributed by atoms with Crippen LogP contribution in [0.4, 0.5) is 0 Å². The third-order valence-corrected chi connectivity index (χ3v) is 8.29. The Hall–Kier alpha value is -3.96. The van der Waals surface area contributed by atoms with Gasteiger partial charge in [0, 0.05) is 34.7 Å². The summed E-state index contributed by atoms with van der Waals surface area (Å²) in [6, 6.07) is 27.3. The molecule has 1 aliphatic heterocycles. The highest BCUT2D eigenvalue weighted by Gasteiger charge is 2.19. The summed E-state index contributed by atoms with van der Waals surface area (Å²) in [5, 5.41) is 4.27. The van der Waals surface area contributed by atoms with Gasteiger partial charge in [0.15, 0.2) is 0 Å². The van der Waals surface area contributed by atoms with Crippen molar-refractivity contribution in [2.45, 2.75) is 53.5 Å². The van der Waals surface area contributed by atoms with Gasteiger partial charge in [-0.3, -0.25) is 9.69 Å². The van der Waals surface area contributed by atoms with Crippen LogP contribution < -0.4 is 5.43 Å². The summed E-state index contributed by atoms with van der Waals surface area (Å²) in [6.07, 6.45) is 5.38. The van der Waals surface area contributed by atoms with E-state index in [0.717, 1.165) is 48.2 Å². The molecule has 1 N–H and O–H groups in total. The predicted octanol–water partition coefficient (Wildman–Crippen LogP) is 6.93. The van der Waals surface area contributed by atoms with Crippen LogP contribution in [-0.2, 0) is 13.0 Å². The molecular weight excluding hydrogens is 492 g/mol. The second kappa shape index (κ2) is 12.5. The third kappa shape index (κ3) is 6.60. The molecule has 0 unspecified atom stereocenters. The van der Waals surface area contributed by atoms with E-state index in [-0.39, 0.29) is 5.91 Å². The molecule has 0 radical (unpaired) electrons. The molecule has 3 aromatic carbocycles. The number of likely N-dealkylation sites (tertiary alicyclic amines) is 1. The molecule has 4 aromatic rings. The van der Waals surface area contributed by atoms with Gasteiger partial charge in [-0.05, 0) is 119 Å². The molecular formula is C35H40N4O. The number of carbonyl (C=O) groups excluding carboxylic acids is 1. The van der Waals surface area contributed by atoms with E-state index in [9.17, 15) is 4.79 Å².